The second-order valence-corrected chi connectivity index (χ2v) is 8.52. The Labute approximate surface area is 184 Å². The van der Waals surface area contributed by atoms with Crippen LogP contribution >= 0.6 is 0 Å². The fraction of sp³-hybridized carbons (Fsp3) is 0.0870. The van der Waals surface area contributed by atoms with Crippen molar-refractivity contribution < 1.29 is 13.0 Å². The normalized spacial score (nSPS) is 12.5. The predicted octanol–water partition coefficient (Wildman–Crippen LogP) is 5.52. The fourth-order valence-corrected chi connectivity index (χ4v) is 4.40. The second-order valence-electron chi connectivity index (χ2n) is 7.17. The SMILES string of the molecule is CS(=O)c1ccncc1Nc1cc(-c2ccc3ccn(C(F)F)c3c2)c2nccnc2c1. The molecule has 0 fully saturated rings. The highest BCUT2D eigenvalue weighted by molar-refractivity contribution is 7.84. The number of fused-ring (bicyclic) bond motifs is 2. The summed E-state index contributed by atoms with van der Waals surface area (Å²) in [7, 11) is -1.21. The molecule has 1 unspecified atom stereocenters. The van der Waals surface area contributed by atoms with Gasteiger partial charge in [-0.15, -0.1) is 0 Å². The first-order valence-corrected chi connectivity index (χ1v) is 11.3. The van der Waals surface area contributed by atoms with Gasteiger partial charge in [0, 0.05) is 42.3 Å². The number of alkyl halides is 2. The van der Waals surface area contributed by atoms with E-state index < -0.39 is 17.3 Å². The van der Waals surface area contributed by atoms with Crippen molar-refractivity contribution in [3.63, 3.8) is 0 Å². The summed E-state index contributed by atoms with van der Waals surface area (Å²) >= 11 is 0. The standard InChI is InChI=1S/C23H17F2N5OS/c1-32(31)21-4-6-26-13-19(21)29-16-11-17(22-18(12-16)27-7-8-28-22)15-3-2-14-5-9-30(23(24)25)20(14)10-15/h2-13,23,29H,1H3. The molecule has 2 aromatic carbocycles. The Morgan fingerprint density at radius 1 is 1.03 bits per heavy atom. The van der Waals surface area contributed by atoms with Crippen LogP contribution in [0.3, 0.4) is 0 Å². The van der Waals surface area contributed by atoms with E-state index in [1.807, 2.05) is 24.3 Å². The lowest BCUT2D eigenvalue weighted by Gasteiger charge is -2.13. The van der Waals surface area contributed by atoms with Gasteiger partial charge in [-0.1, -0.05) is 12.1 Å². The first-order valence-electron chi connectivity index (χ1n) is 9.69. The summed E-state index contributed by atoms with van der Waals surface area (Å²) in [5, 5.41) is 4.00. The van der Waals surface area contributed by atoms with Crippen molar-refractivity contribution in [2.45, 2.75) is 11.4 Å². The van der Waals surface area contributed by atoms with E-state index in [1.54, 1.807) is 49.2 Å². The maximum absolute atomic E-state index is 13.4. The molecule has 0 saturated heterocycles. The second kappa shape index (κ2) is 8.08. The lowest BCUT2D eigenvalue weighted by molar-refractivity contribution is 0.0752. The van der Waals surface area contributed by atoms with Crippen molar-refractivity contribution in [3.8, 4) is 11.1 Å². The number of nitrogens with zero attached hydrogens (tertiary/aromatic N) is 4. The number of benzene rings is 2. The van der Waals surface area contributed by atoms with Crippen LogP contribution in [0.2, 0.25) is 0 Å². The van der Waals surface area contributed by atoms with Crippen LogP contribution in [0.15, 0.2) is 78.3 Å². The highest BCUT2D eigenvalue weighted by Crippen LogP contribution is 2.34. The van der Waals surface area contributed by atoms with Crippen LogP contribution in [0, 0.1) is 0 Å². The fourth-order valence-electron chi connectivity index (χ4n) is 3.74. The van der Waals surface area contributed by atoms with Gasteiger partial charge in [-0.3, -0.25) is 23.7 Å². The number of hydrogen-bond acceptors (Lipinski definition) is 5. The molecule has 1 N–H and O–H groups in total. The van der Waals surface area contributed by atoms with Gasteiger partial charge in [0.2, 0.25) is 0 Å². The molecule has 0 spiro atoms. The third-order valence-electron chi connectivity index (χ3n) is 5.19. The zero-order valence-corrected chi connectivity index (χ0v) is 17.7. The number of pyridine rings is 1. The quantitative estimate of drug-likeness (QED) is 0.382. The number of aromatic nitrogens is 4. The van der Waals surface area contributed by atoms with Gasteiger partial charge in [0.15, 0.2) is 0 Å². The summed E-state index contributed by atoms with van der Waals surface area (Å²) in [6.07, 6.45) is 9.37. The van der Waals surface area contributed by atoms with Crippen molar-refractivity contribution in [1.29, 1.82) is 0 Å². The van der Waals surface area contributed by atoms with Gasteiger partial charge in [-0.25, -0.2) is 0 Å². The molecule has 32 heavy (non-hydrogen) atoms. The Bertz CT molecular complexity index is 1480. The van der Waals surface area contributed by atoms with Gasteiger partial charge in [-0.05, 0) is 41.3 Å². The molecule has 5 rings (SSSR count). The lowest BCUT2D eigenvalue weighted by atomic mass is 10.0. The molecule has 5 aromatic rings. The van der Waals surface area contributed by atoms with E-state index in [4.69, 9.17) is 0 Å². The summed E-state index contributed by atoms with van der Waals surface area (Å²) in [5.41, 5.74) is 4.51. The number of hydrogen-bond donors (Lipinski definition) is 1. The molecular formula is C23H17F2N5OS. The minimum absolute atomic E-state index is 0.434. The average Bonchev–Trinajstić information content (AvgIpc) is 3.22. The summed E-state index contributed by atoms with van der Waals surface area (Å²) < 4.78 is 39.9. The molecule has 0 saturated carbocycles. The minimum atomic E-state index is -2.63. The molecule has 0 aliphatic carbocycles. The van der Waals surface area contributed by atoms with E-state index in [-0.39, 0.29) is 0 Å². The van der Waals surface area contributed by atoms with Crippen molar-refractivity contribution in [2.75, 3.05) is 11.6 Å². The molecule has 0 bridgehead atoms. The molecule has 9 heteroatoms. The van der Waals surface area contributed by atoms with E-state index in [0.29, 0.717) is 32.8 Å². The van der Waals surface area contributed by atoms with Crippen LogP contribution in [-0.4, -0.2) is 30.0 Å². The van der Waals surface area contributed by atoms with Crippen molar-refractivity contribution >= 4 is 44.1 Å². The predicted molar refractivity (Wildman–Crippen MR) is 122 cm³/mol. The highest BCUT2D eigenvalue weighted by atomic mass is 32.2. The Kier molecular flexibility index (Phi) is 5.10. The van der Waals surface area contributed by atoms with Crippen molar-refractivity contribution in [2.24, 2.45) is 0 Å². The maximum atomic E-state index is 13.4. The van der Waals surface area contributed by atoms with E-state index in [9.17, 15) is 13.0 Å². The smallest absolute Gasteiger partial charge is 0.319 e. The average molecular weight is 449 g/mol. The van der Waals surface area contributed by atoms with Gasteiger partial charge in [0.1, 0.15) is 0 Å². The molecule has 3 aromatic heterocycles. The summed E-state index contributed by atoms with van der Waals surface area (Å²) in [6, 6.07) is 12.5. The summed E-state index contributed by atoms with van der Waals surface area (Å²) in [5.74, 6) is 0. The van der Waals surface area contributed by atoms with Crippen LogP contribution in [0.5, 0.6) is 0 Å². The van der Waals surface area contributed by atoms with Crippen molar-refractivity contribution in [1.82, 2.24) is 19.5 Å². The van der Waals surface area contributed by atoms with Crippen LogP contribution in [0.25, 0.3) is 33.1 Å². The van der Waals surface area contributed by atoms with Crippen LogP contribution in [-0.2, 0) is 10.8 Å². The molecule has 0 amide bonds. The lowest BCUT2D eigenvalue weighted by Crippen LogP contribution is -1.99. The first-order chi connectivity index (χ1) is 15.5. The number of halogens is 2. The molecule has 0 aliphatic heterocycles. The third kappa shape index (κ3) is 3.60. The van der Waals surface area contributed by atoms with E-state index in [0.717, 1.165) is 21.1 Å². The van der Waals surface area contributed by atoms with Crippen LogP contribution in [0.1, 0.15) is 6.55 Å². The molecular weight excluding hydrogens is 432 g/mol. The molecule has 1 atom stereocenters. The van der Waals surface area contributed by atoms with Gasteiger partial charge in [0.25, 0.3) is 0 Å². The largest absolute Gasteiger partial charge is 0.353 e. The van der Waals surface area contributed by atoms with E-state index in [1.165, 1.54) is 6.20 Å². The van der Waals surface area contributed by atoms with Crippen LogP contribution < -0.4 is 5.32 Å². The van der Waals surface area contributed by atoms with Gasteiger partial charge < -0.3 is 5.32 Å². The third-order valence-corrected chi connectivity index (χ3v) is 6.16. The maximum Gasteiger partial charge on any atom is 0.319 e. The van der Waals surface area contributed by atoms with E-state index >= 15 is 0 Å². The van der Waals surface area contributed by atoms with E-state index in [2.05, 4.69) is 20.3 Å². The number of rotatable bonds is 5. The Morgan fingerprint density at radius 2 is 1.88 bits per heavy atom. The molecule has 0 radical (unpaired) electrons. The van der Waals surface area contributed by atoms with Crippen molar-refractivity contribution in [3.05, 3.63) is 73.4 Å². The summed E-state index contributed by atoms with van der Waals surface area (Å²) in [4.78, 5) is 13.6. The Hall–Kier alpha value is -3.72. The molecule has 160 valence electrons. The topological polar surface area (TPSA) is 72.7 Å². The number of nitrogens with one attached hydrogen (secondary N) is 1. The highest BCUT2D eigenvalue weighted by Gasteiger charge is 2.14. The zero-order chi connectivity index (χ0) is 22.2. The number of anilines is 2. The Morgan fingerprint density at radius 3 is 2.69 bits per heavy atom. The summed E-state index contributed by atoms with van der Waals surface area (Å²) in [6.45, 7) is -2.63. The molecule has 6 nitrogen and oxygen atoms in total. The molecule has 3 heterocycles. The van der Waals surface area contributed by atoms with Gasteiger partial charge in [-0.2, -0.15) is 8.78 Å². The monoisotopic (exact) mass is 449 g/mol. The van der Waals surface area contributed by atoms with Gasteiger partial charge in [0.05, 0.1) is 44.1 Å². The zero-order valence-electron chi connectivity index (χ0n) is 16.9. The Balaban J connectivity index is 1.68. The molecule has 0 aliphatic rings. The minimum Gasteiger partial charge on any atom is -0.353 e. The van der Waals surface area contributed by atoms with Crippen LogP contribution in [0.4, 0.5) is 20.2 Å². The van der Waals surface area contributed by atoms with Gasteiger partial charge >= 0.3 is 6.55 Å². The first kappa shape index (κ1) is 20.2.